The van der Waals surface area contributed by atoms with Crippen LogP contribution in [0.5, 0.6) is 0 Å². The zero-order valence-corrected chi connectivity index (χ0v) is 11.1. The first-order valence-electron chi connectivity index (χ1n) is 4.74. The first-order chi connectivity index (χ1) is 8.16. The minimum atomic E-state index is -0.287. The fourth-order valence-corrected chi connectivity index (χ4v) is 2.63. The molecule has 0 aliphatic heterocycles. The number of carbonyl (C=O) groups excluding carboxylic acids is 1. The van der Waals surface area contributed by atoms with Crippen LogP contribution in [0.3, 0.4) is 0 Å². The second-order valence-corrected chi connectivity index (χ2v) is 5.06. The Morgan fingerprint density at radius 1 is 1.53 bits per heavy atom. The van der Waals surface area contributed by atoms with Gasteiger partial charge in [0.15, 0.2) is 0 Å². The van der Waals surface area contributed by atoms with E-state index in [-0.39, 0.29) is 17.4 Å². The number of aromatic nitrogens is 2. The van der Waals surface area contributed by atoms with Gasteiger partial charge in [0.1, 0.15) is 11.5 Å². The number of nitrogen functional groups attached to an aromatic ring is 1. The lowest BCUT2D eigenvalue weighted by Gasteiger charge is -2.03. The summed E-state index contributed by atoms with van der Waals surface area (Å²) in [6, 6.07) is 1.94. The van der Waals surface area contributed by atoms with E-state index in [2.05, 4.69) is 31.2 Å². The maximum absolute atomic E-state index is 11.7. The summed E-state index contributed by atoms with van der Waals surface area (Å²) in [6.07, 6.45) is 2.78. The van der Waals surface area contributed by atoms with E-state index in [0.29, 0.717) is 6.54 Å². The van der Waals surface area contributed by atoms with E-state index in [4.69, 9.17) is 5.73 Å². The van der Waals surface area contributed by atoms with Crippen LogP contribution in [0.1, 0.15) is 15.4 Å². The summed E-state index contributed by atoms with van der Waals surface area (Å²) in [6.45, 7) is 0.452. The van der Waals surface area contributed by atoms with Crippen molar-refractivity contribution in [3.63, 3.8) is 0 Å². The number of hydrogen-bond donors (Lipinski definition) is 2. The molecule has 17 heavy (non-hydrogen) atoms. The monoisotopic (exact) mass is 312 g/mol. The summed E-state index contributed by atoms with van der Waals surface area (Å²) in [5.41, 5.74) is 5.67. The largest absolute Gasteiger partial charge is 0.382 e. The lowest BCUT2D eigenvalue weighted by atomic mass is 10.4. The van der Waals surface area contributed by atoms with Gasteiger partial charge in [-0.2, -0.15) is 0 Å². The van der Waals surface area contributed by atoms with Gasteiger partial charge in [-0.1, -0.05) is 0 Å². The van der Waals surface area contributed by atoms with E-state index < -0.39 is 0 Å². The first-order valence-corrected chi connectivity index (χ1v) is 6.41. The third-order valence-corrected chi connectivity index (χ3v) is 3.91. The number of nitrogens with zero attached hydrogens (tertiary/aromatic N) is 2. The van der Waals surface area contributed by atoms with Crippen molar-refractivity contribution in [3.8, 4) is 0 Å². The highest BCUT2D eigenvalue weighted by molar-refractivity contribution is 9.10. The molecule has 0 unspecified atom stereocenters. The van der Waals surface area contributed by atoms with Crippen LogP contribution in [0.15, 0.2) is 28.3 Å². The molecule has 0 aliphatic carbocycles. The summed E-state index contributed by atoms with van der Waals surface area (Å²) >= 11 is 4.96. The SMILES string of the molecule is Nc1cncc(C(=O)NCc2sccc2Br)n1. The number of nitrogens with two attached hydrogens (primary N) is 1. The maximum atomic E-state index is 11.7. The van der Waals surface area contributed by atoms with E-state index >= 15 is 0 Å². The van der Waals surface area contributed by atoms with Crippen LogP contribution in [0.2, 0.25) is 0 Å². The van der Waals surface area contributed by atoms with Gasteiger partial charge >= 0.3 is 0 Å². The molecule has 0 spiro atoms. The third-order valence-electron chi connectivity index (χ3n) is 1.99. The molecule has 1 amide bonds. The number of amides is 1. The van der Waals surface area contributed by atoms with Crippen molar-refractivity contribution >= 4 is 39.0 Å². The van der Waals surface area contributed by atoms with Crippen molar-refractivity contribution in [1.29, 1.82) is 0 Å². The minimum absolute atomic E-state index is 0.220. The Morgan fingerprint density at radius 2 is 2.35 bits per heavy atom. The molecule has 0 saturated heterocycles. The maximum Gasteiger partial charge on any atom is 0.271 e. The van der Waals surface area contributed by atoms with Crippen LogP contribution in [0.4, 0.5) is 5.82 Å². The lowest BCUT2D eigenvalue weighted by molar-refractivity contribution is 0.0946. The number of halogens is 1. The highest BCUT2D eigenvalue weighted by Crippen LogP contribution is 2.22. The van der Waals surface area contributed by atoms with E-state index in [1.54, 1.807) is 11.3 Å². The summed E-state index contributed by atoms with van der Waals surface area (Å²) in [5.74, 6) is -0.0555. The van der Waals surface area contributed by atoms with Gasteiger partial charge in [0.25, 0.3) is 5.91 Å². The molecular weight excluding hydrogens is 304 g/mol. The Kier molecular flexibility index (Phi) is 3.70. The summed E-state index contributed by atoms with van der Waals surface area (Å²) < 4.78 is 0.987. The van der Waals surface area contributed by atoms with Crippen LogP contribution >= 0.6 is 27.3 Å². The van der Waals surface area contributed by atoms with Gasteiger partial charge < -0.3 is 11.1 Å². The smallest absolute Gasteiger partial charge is 0.271 e. The molecule has 0 aliphatic rings. The van der Waals surface area contributed by atoms with Gasteiger partial charge in [-0.25, -0.2) is 4.98 Å². The number of rotatable bonds is 3. The average molecular weight is 313 g/mol. The average Bonchev–Trinajstić information content (AvgIpc) is 2.72. The molecule has 5 nitrogen and oxygen atoms in total. The van der Waals surface area contributed by atoms with Crippen LogP contribution in [-0.4, -0.2) is 15.9 Å². The number of nitrogens with one attached hydrogen (secondary N) is 1. The van der Waals surface area contributed by atoms with Crippen LogP contribution in [-0.2, 0) is 6.54 Å². The molecular formula is C10H9BrN4OS. The molecule has 2 aromatic heterocycles. The van der Waals surface area contributed by atoms with Gasteiger partial charge in [0.05, 0.1) is 18.9 Å². The van der Waals surface area contributed by atoms with Crippen LogP contribution < -0.4 is 11.1 Å². The zero-order valence-electron chi connectivity index (χ0n) is 8.68. The van der Waals surface area contributed by atoms with E-state index in [9.17, 15) is 4.79 Å². The van der Waals surface area contributed by atoms with Crippen LogP contribution in [0, 0.1) is 0 Å². The van der Waals surface area contributed by atoms with Crippen molar-refractivity contribution in [2.75, 3.05) is 5.73 Å². The lowest BCUT2D eigenvalue weighted by Crippen LogP contribution is -2.24. The van der Waals surface area contributed by atoms with Gasteiger partial charge in [0.2, 0.25) is 0 Å². The Balaban J connectivity index is 2.01. The van der Waals surface area contributed by atoms with Crippen molar-refractivity contribution in [3.05, 3.63) is 38.9 Å². The molecule has 0 bridgehead atoms. The second-order valence-electron chi connectivity index (χ2n) is 3.20. The molecule has 0 aromatic carbocycles. The predicted octanol–water partition coefficient (Wildman–Crippen LogP) is 1.81. The topological polar surface area (TPSA) is 80.9 Å². The molecule has 3 N–H and O–H groups in total. The van der Waals surface area contributed by atoms with Gasteiger partial charge in [0, 0.05) is 9.35 Å². The van der Waals surface area contributed by atoms with Gasteiger partial charge in [-0.3, -0.25) is 9.78 Å². The number of thiophene rings is 1. The van der Waals surface area contributed by atoms with E-state index in [0.717, 1.165) is 9.35 Å². The Morgan fingerprint density at radius 3 is 3.00 bits per heavy atom. The molecule has 7 heteroatoms. The molecule has 88 valence electrons. The minimum Gasteiger partial charge on any atom is -0.382 e. The van der Waals surface area contributed by atoms with Crippen molar-refractivity contribution in [2.45, 2.75) is 6.54 Å². The normalized spacial score (nSPS) is 10.2. The van der Waals surface area contributed by atoms with Crippen molar-refractivity contribution in [1.82, 2.24) is 15.3 Å². The summed E-state index contributed by atoms with van der Waals surface area (Å²) in [4.78, 5) is 20.5. The number of hydrogen-bond acceptors (Lipinski definition) is 5. The fraction of sp³-hybridized carbons (Fsp3) is 0.100. The van der Waals surface area contributed by atoms with Crippen molar-refractivity contribution in [2.24, 2.45) is 0 Å². The van der Waals surface area contributed by atoms with Crippen LogP contribution in [0.25, 0.3) is 0 Å². The molecule has 0 atom stereocenters. The molecule has 2 heterocycles. The number of carbonyl (C=O) groups is 1. The molecule has 2 aromatic rings. The molecule has 0 fully saturated rings. The highest BCUT2D eigenvalue weighted by atomic mass is 79.9. The Labute approximate surface area is 110 Å². The second kappa shape index (κ2) is 5.24. The van der Waals surface area contributed by atoms with Gasteiger partial charge in [-0.05, 0) is 27.4 Å². The quantitative estimate of drug-likeness (QED) is 0.905. The van der Waals surface area contributed by atoms with E-state index in [1.165, 1.54) is 12.4 Å². The Hall–Kier alpha value is -1.47. The first kappa shape index (κ1) is 12.0. The standard InChI is InChI=1S/C10H9BrN4OS/c11-6-1-2-17-8(6)4-14-10(16)7-3-13-5-9(12)15-7/h1-3,5H,4H2,(H2,12,15)(H,14,16). The van der Waals surface area contributed by atoms with E-state index in [1.807, 2.05) is 11.4 Å². The highest BCUT2D eigenvalue weighted by Gasteiger charge is 2.09. The fourth-order valence-electron chi connectivity index (χ4n) is 1.19. The predicted molar refractivity (Wildman–Crippen MR) is 69.6 cm³/mol. The third kappa shape index (κ3) is 3.01. The van der Waals surface area contributed by atoms with Crippen molar-refractivity contribution < 1.29 is 4.79 Å². The zero-order chi connectivity index (χ0) is 12.3. The summed E-state index contributed by atoms with van der Waals surface area (Å²) in [5, 5.41) is 4.70. The molecule has 0 radical (unpaired) electrons. The summed E-state index contributed by atoms with van der Waals surface area (Å²) in [7, 11) is 0. The van der Waals surface area contributed by atoms with Gasteiger partial charge in [-0.15, -0.1) is 11.3 Å². The molecule has 2 rings (SSSR count). The number of anilines is 1. The molecule has 0 saturated carbocycles. The Bertz CT molecular complexity index is 543.